The van der Waals surface area contributed by atoms with E-state index in [1.54, 1.807) is 13.1 Å². The minimum atomic E-state index is -3.41. The van der Waals surface area contributed by atoms with Crippen LogP contribution in [0, 0.1) is 6.92 Å². The average molecular weight is 561 g/mol. The maximum absolute atomic E-state index is 12.6. The third-order valence-electron chi connectivity index (χ3n) is 5.49. The predicted molar refractivity (Wildman–Crippen MR) is 133 cm³/mol. The Morgan fingerprint density at radius 3 is 2.35 bits per heavy atom. The van der Waals surface area contributed by atoms with Crippen LogP contribution < -0.4 is 5.32 Å². The number of aliphatic imine (C=N–C) groups is 1. The molecule has 0 aliphatic carbocycles. The van der Waals surface area contributed by atoms with Crippen molar-refractivity contribution in [2.24, 2.45) is 4.99 Å². The molecule has 0 amide bonds. The molecule has 0 unspecified atom stereocenters. The predicted octanol–water partition coefficient (Wildman–Crippen LogP) is 2.60. The summed E-state index contributed by atoms with van der Waals surface area (Å²) in [6.45, 7) is 9.23. The van der Waals surface area contributed by atoms with Crippen molar-refractivity contribution in [3.05, 3.63) is 53.4 Å². The molecule has 31 heavy (non-hydrogen) atoms. The first kappa shape index (κ1) is 25.6. The van der Waals surface area contributed by atoms with Crippen molar-refractivity contribution in [1.29, 1.82) is 0 Å². The van der Waals surface area contributed by atoms with Crippen molar-refractivity contribution in [1.82, 2.24) is 19.7 Å². The SMILES string of the molecule is CN=C(NCC(C)(C)c1ccc(C)cc1)N1CCN(S(=O)(=O)Cc2ccon2)CC1.I. The van der Waals surface area contributed by atoms with E-state index in [0.717, 1.165) is 12.5 Å². The van der Waals surface area contributed by atoms with Gasteiger partial charge in [-0.3, -0.25) is 4.99 Å². The number of hydrogen-bond donors (Lipinski definition) is 1. The van der Waals surface area contributed by atoms with Crippen LogP contribution >= 0.6 is 24.0 Å². The van der Waals surface area contributed by atoms with Gasteiger partial charge in [0.15, 0.2) is 5.96 Å². The molecule has 1 N–H and O–H groups in total. The van der Waals surface area contributed by atoms with Crippen LogP contribution in [0.1, 0.15) is 30.7 Å². The van der Waals surface area contributed by atoms with Crippen molar-refractivity contribution in [2.45, 2.75) is 31.9 Å². The van der Waals surface area contributed by atoms with Gasteiger partial charge in [-0.05, 0) is 12.5 Å². The molecule has 1 aromatic carbocycles. The van der Waals surface area contributed by atoms with E-state index in [1.165, 1.54) is 21.7 Å². The second-order valence-electron chi connectivity index (χ2n) is 8.28. The van der Waals surface area contributed by atoms with Crippen LogP contribution in [-0.4, -0.2) is 68.5 Å². The molecule has 3 rings (SSSR count). The molecule has 0 atom stereocenters. The highest BCUT2D eigenvalue weighted by Crippen LogP contribution is 2.23. The molecule has 2 heterocycles. The fourth-order valence-corrected chi connectivity index (χ4v) is 4.93. The quantitative estimate of drug-likeness (QED) is 0.332. The maximum atomic E-state index is 12.6. The summed E-state index contributed by atoms with van der Waals surface area (Å²) in [6.07, 6.45) is 1.39. The standard InChI is InChI=1S/C21H31N5O3S.HI/c1-17-5-7-18(8-6-17)21(2,3)16-23-20(22-4)25-10-12-26(13-11-25)30(27,28)15-19-9-14-29-24-19;/h5-9,14H,10-13,15-16H2,1-4H3,(H,22,23);1H. The van der Waals surface area contributed by atoms with Gasteiger partial charge in [0.25, 0.3) is 0 Å². The van der Waals surface area contributed by atoms with E-state index in [1.807, 2.05) is 0 Å². The summed E-state index contributed by atoms with van der Waals surface area (Å²) in [7, 11) is -1.65. The lowest BCUT2D eigenvalue weighted by atomic mass is 9.84. The smallest absolute Gasteiger partial charge is 0.220 e. The number of aromatic nitrogens is 1. The van der Waals surface area contributed by atoms with Crippen molar-refractivity contribution in [2.75, 3.05) is 39.8 Å². The average Bonchev–Trinajstić information content (AvgIpc) is 3.21. The lowest BCUT2D eigenvalue weighted by Crippen LogP contribution is -2.55. The molecule has 10 heteroatoms. The van der Waals surface area contributed by atoms with E-state index in [9.17, 15) is 8.42 Å². The number of halogens is 1. The summed E-state index contributed by atoms with van der Waals surface area (Å²) < 4.78 is 31.5. The minimum absolute atomic E-state index is 0. The Kier molecular flexibility index (Phi) is 8.90. The zero-order valence-corrected chi connectivity index (χ0v) is 21.7. The van der Waals surface area contributed by atoms with Gasteiger partial charge in [0.2, 0.25) is 10.0 Å². The van der Waals surface area contributed by atoms with E-state index in [4.69, 9.17) is 4.52 Å². The minimum Gasteiger partial charge on any atom is -0.364 e. The van der Waals surface area contributed by atoms with E-state index >= 15 is 0 Å². The summed E-state index contributed by atoms with van der Waals surface area (Å²) in [4.78, 5) is 6.52. The van der Waals surface area contributed by atoms with Gasteiger partial charge < -0.3 is 14.7 Å². The summed E-state index contributed by atoms with van der Waals surface area (Å²) in [5.74, 6) is 0.657. The molecule has 1 fully saturated rings. The molecule has 1 aromatic heterocycles. The van der Waals surface area contributed by atoms with E-state index < -0.39 is 10.0 Å². The van der Waals surface area contributed by atoms with Gasteiger partial charge in [0.1, 0.15) is 12.0 Å². The number of piperazine rings is 1. The first-order valence-corrected chi connectivity index (χ1v) is 11.7. The number of guanidine groups is 1. The topological polar surface area (TPSA) is 91.0 Å². The number of nitrogens with one attached hydrogen (secondary N) is 1. The molecule has 1 saturated heterocycles. The van der Waals surface area contributed by atoms with Crippen LogP contribution in [-0.2, 0) is 21.2 Å². The zero-order valence-electron chi connectivity index (χ0n) is 18.5. The maximum Gasteiger partial charge on any atom is 0.220 e. The number of aryl methyl sites for hydroxylation is 1. The number of benzene rings is 1. The third kappa shape index (κ3) is 6.66. The van der Waals surface area contributed by atoms with Crippen LogP contribution in [0.25, 0.3) is 0 Å². The highest BCUT2D eigenvalue weighted by atomic mass is 127. The van der Waals surface area contributed by atoms with Crippen LogP contribution in [0.3, 0.4) is 0 Å². The molecule has 0 bridgehead atoms. The van der Waals surface area contributed by atoms with Crippen LogP contribution in [0.5, 0.6) is 0 Å². The number of sulfonamides is 1. The van der Waals surface area contributed by atoms with Crippen molar-refractivity contribution < 1.29 is 12.9 Å². The Labute approximate surface area is 202 Å². The Morgan fingerprint density at radius 2 is 1.81 bits per heavy atom. The van der Waals surface area contributed by atoms with Crippen LogP contribution in [0.15, 0.2) is 46.1 Å². The fourth-order valence-electron chi connectivity index (χ4n) is 3.51. The van der Waals surface area contributed by atoms with Crippen molar-refractivity contribution in [3.8, 4) is 0 Å². The molecule has 2 aromatic rings. The number of rotatable bonds is 6. The summed E-state index contributed by atoms with van der Waals surface area (Å²) in [5, 5.41) is 7.18. The molecular weight excluding hydrogens is 529 g/mol. The second kappa shape index (κ2) is 10.8. The first-order chi connectivity index (χ1) is 14.2. The Balaban J connectivity index is 0.00000341. The Morgan fingerprint density at radius 1 is 1.16 bits per heavy atom. The summed E-state index contributed by atoms with van der Waals surface area (Å²) in [5.41, 5.74) is 2.87. The van der Waals surface area contributed by atoms with Gasteiger partial charge in [-0.1, -0.05) is 48.8 Å². The van der Waals surface area contributed by atoms with Gasteiger partial charge in [-0.25, -0.2) is 8.42 Å². The number of hydrogen-bond acceptors (Lipinski definition) is 5. The van der Waals surface area contributed by atoms with Gasteiger partial charge in [0.05, 0.1) is 5.69 Å². The van der Waals surface area contributed by atoms with Crippen molar-refractivity contribution >= 4 is 40.0 Å². The molecule has 0 radical (unpaired) electrons. The van der Waals surface area contributed by atoms with Crippen molar-refractivity contribution in [3.63, 3.8) is 0 Å². The molecule has 1 aliphatic heterocycles. The molecule has 1 aliphatic rings. The Bertz CT molecular complexity index is 951. The highest BCUT2D eigenvalue weighted by Gasteiger charge is 2.29. The lowest BCUT2D eigenvalue weighted by Gasteiger charge is -2.37. The molecule has 172 valence electrons. The third-order valence-corrected chi connectivity index (χ3v) is 7.30. The first-order valence-electron chi connectivity index (χ1n) is 10.1. The largest absolute Gasteiger partial charge is 0.364 e. The normalized spacial score (nSPS) is 16.1. The van der Waals surface area contributed by atoms with Crippen LogP contribution in [0.2, 0.25) is 0 Å². The Hall–Kier alpha value is -1.66. The fraction of sp³-hybridized carbons (Fsp3) is 0.524. The highest BCUT2D eigenvalue weighted by molar-refractivity contribution is 14.0. The van der Waals surface area contributed by atoms with Gasteiger partial charge in [0, 0.05) is 51.3 Å². The number of nitrogens with zero attached hydrogens (tertiary/aromatic N) is 4. The molecule has 0 saturated carbocycles. The molecule has 8 nitrogen and oxygen atoms in total. The zero-order chi connectivity index (χ0) is 21.8. The monoisotopic (exact) mass is 561 g/mol. The summed E-state index contributed by atoms with van der Waals surface area (Å²) >= 11 is 0. The van der Waals surface area contributed by atoms with E-state index in [-0.39, 0.29) is 35.1 Å². The van der Waals surface area contributed by atoms with Gasteiger partial charge in [-0.15, -0.1) is 24.0 Å². The molecular formula is C21H32IN5O3S. The second-order valence-corrected chi connectivity index (χ2v) is 10.3. The van der Waals surface area contributed by atoms with Crippen LogP contribution in [0.4, 0.5) is 0 Å². The lowest BCUT2D eigenvalue weighted by molar-refractivity contribution is 0.258. The van der Waals surface area contributed by atoms with E-state index in [2.05, 4.69) is 65.4 Å². The van der Waals surface area contributed by atoms with E-state index in [0.29, 0.717) is 31.9 Å². The molecule has 0 spiro atoms. The van der Waals surface area contributed by atoms with Gasteiger partial charge in [-0.2, -0.15) is 4.31 Å². The van der Waals surface area contributed by atoms with Gasteiger partial charge >= 0.3 is 0 Å². The summed E-state index contributed by atoms with van der Waals surface area (Å²) in [6, 6.07) is 10.2.